The average Bonchev–Trinajstić information content (AvgIpc) is 2.58. The number of rotatable bonds is 4. The molecule has 1 aromatic heterocycles. The Morgan fingerprint density at radius 2 is 1.96 bits per heavy atom. The molecule has 0 aliphatic carbocycles. The van der Waals surface area contributed by atoms with Crippen LogP contribution in [0.4, 0.5) is 0 Å². The van der Waals surface area contributed by atoms with Crippen LogP contribution in [-0.2, 0) is 6.42 Å². The van der Waals surface area contributed by atoms with E-state index >= 15 is 0 Å². The molecule has 4 nitrogen and oxygen atoms in total. The van der Waals surface area contributed by atoms with Crippen LogP contribution in [0.3, 0.4) is 0 Å². The van der Waals surface area contributed by atoms with Crippen LogP contribution in [0.5, 0.6) is 11.5 Å². The highest BCUT2D eigenvalue weighted by Gasteiger charge is 2.10. The molecule has 1 heterocycles. The molecule has 0 saturated heterocycles. The topological polar surface area (TPSA) is 55.0 Å². The zero-order valence-electron chi connectivity index (χ0n) is 13.8. The largest absolute Gasteiger partial charge is 0.456 e. The van der Waals surface area contributed by atoms with E-state index in [1.165, 1.54) is 0 Å². The van der Waals surface area contributed by atoms with Gasteiger partial charge in [0.15, 0.2) is 0 Å². The monoisotopic (exact) mass is 418 g/mol. The standard InChI is InChI=1S/C19H16BrClN2O2/c1-11-12(2)19(24)23-22-17(11)8-13-6-7-16(21)18(9-13)25-15-5-3-4-14(20)10-15/h3-7,9-10H,8H2,1-2H3,(H,23,24). The van der Waals surface area contributed by atoms with Gasteiger partial charge in [-0.1, -0.05) is 39.7 Å². The van der Waals surface area contributed by atoms with Gasteiger partial charge in [-0.05, 0) is 55.3 Å². The summed E-state index contributed by atoms with van der Waals surface area (Å²) in [5.74, 6) is 1.28. The Hall–Kier alpha value is -2.11. The molecule has 0 bridgehead atoms. The van der Waals surface area contributed by atoms with Crippen molar-refractivity contribution in [3.8, 4) is 11.5 Å². The first kappa shape index (κ1) is 17.7. The van der Waals surface area contributed by atoms with Gasteiger partial charge in [0, 0.05) is 16.5 Å². The van der Waals surface area contributed by atoms with E-state index in [2.05, 4.69) is 26.1 Å². The minimum absolute atomic E-state index is 0.156. The lowest BCUT2D eigenvalue weighted by Gasteiger charge is -2.11. The number of halogens is 2. The lowest BCUT2D eigenvalue weighted by molar-refractivity contribution is 0.482. The van der Waals surface area contributed by atoms with Crippen molar-refractivity contribution in [3.05, 3.63) is 84.7 Å². The van der Waals surface area contributed by atoms with Crippen LogP contribution < -0.4 is 10.3 Å². The molecule has 1 N–H and O–H groups in total. The zero-order valence-corrected chi connectivity index (χ0v) is 16.1. The number of hydrogen-bond donors (Lipinski definition) is 1. The molecule has 0 fully saturated rings. The minimum Gasteiger partial charge on any atom is -0.456 e. The zero-order chi connectivity index (χ0) is 18.0. The minimum atomic E-state index is -0.156. The van der Waals surface area contributed by atoms with Crippen LogP contribution >= 0.6 is 27.5 Å². The van der Waals surface area contributed by atoms with Crippen LogP contribution in [0, 0.1) is 13.8 Å². The summed E-state index contributed by atoms with van der Waals surface area (Å²) in [6.07, 6.45) is 0.579. The lowest BCUT2D eigenvalue weighted by atomic mass is 10.0. The third-order valence-corrected chi connectivity index (χ3v) is 4.82. The van der Waals surface area contributed by atoms with Gasteiger partial charge in [-0.25, -0.2) is 5.10 Å². The predicted molar refractivity (Wildman–Crippen MR) is 103 cm³/mol. The summed E-state index contributed by atoms with van der Waals surface area (Å²) < 4.78 is 6.83. The van der Waals surface area contributed by atoms with Crippen molar-refractivity contribution in [1.29, 1.82) is 0 Å². The molecule has 3 rings (SSSR count). The molecule has 0 unspecified atom stereocenters. The summed E-state index contributed by atoms with van der Waals surface area (Å²) >= 11 is 9.69. The van der Waals surface area contributed by atoms with Gasteiger partial charge >= 0.3 is 0 Å². The maximum absolute atomic E-state index is 11.6. The third-order valence-electron chi connectivity index (χ3n) is 4.02. The number of ether oxygens (including phenoxy) is 1. The molecule has 0 spiro atoms. The van der Waals surface area contributed by atoms with Gasteiger partial charge in [0.25, 0.3) is 5.56 Å². The normalized spacial score (nSPS) is 10.7. The van der Waals surface area contributed by atoms with Crippen LogP contribution in [0.25, 0.3) is 0 Å². The number of nitrogens with one attached hydrogen (secondary N) is 1. The van der Waals surface area contributed by atoms with Gasteiger partial charge in [0.1, 0.15) is 11.5 Å². The number of hydrogen-bond acceptors (Lipinski definition) is 3. The van der Waals surface area contributed by atoms with Crippen molar-refractivity contribution in [2.45, 2.75) is 20.3 Å². The van der Waals surface area contributed by atoms with Crippen molar-refractivity contribution in [2.24, 2.45) is 0 Å². The fraction of sp³-hybridized carbons (Fsp3) is 0.158. The fourth-order valence-corrected chi connectivity index (χ4v) is 2.97. The SMILES string of the molecule is Cc1c(Cc2ccc(Cl)c(Oc3cccc(Br)c3)c2)n[nH]c(=O)c1C. The molecule has 0 atom stereocenters. The molecule has 6 heteroatoms. The Morgan fingerprint density at radius 3 is 2.72 bits per heavy atom. The first-order valence-electron chi connectivity index (χ1n) is 7.70. The Labute approximate surface area is 158 Å². The number of H-pyrrole nitrogens is 1. The molecule has 0 saturated carbocycles. The summed E-state index contributed by atoms with van der Waals surface area (Å²) in [6.45, 7) is 3.70. The number of aromatic amines is 1. The van der Waals surface area contributed by atoms with Gasteiger partial charge in [-0.3, -0.25) is 4.79 Å². The second-order valence-corrected chi connectivity index (χ2v) is 7.07. The van der Waals surface area contributed by atoms with Crippen LogP contribution in [-0.4, -0.2) is 10.2 Å². The second kappa shape index (κ2) is 7.42. The van der Waals surface area contributed by atoms with Crippen LogP contribution in [0.15, 0.2) is 51.7 Å². The first-order chi connectivity index (χ1) is 11.9. The van der Waals surface area contributed by atoms with Crippen molar-refractivity contribution in [2.75, 3.05) is 0 Å². The molecule has 0 amide bonds. The molecule has 0 aliphatic rings. The summed E-state index contributed by atoms with van der Waals surface area (Å²) in [6, 6.07) is 13.2. The van der Waals surface area contributed by atoms with E-state index in [0.29, 0.717) is 28.5 Å². The number of aromatic nitrogens is 2. The number of nitrogens with zero attached hydrogens (tertiary/aromatic N) is 1. The average molecular weight is 420 g/mol. The predicted octanol–water partition coefficient (Wildman–Crippen LogP) is 5.19. The summed E-state index contributed by atoms with van der Waals surface area (Å²) in [7, 11) is 0. The maximum atomic E-state index is 11.6. The highest BCUT2D eigenvalue weighted by Crippen LogP contribution is 2.32. The molecular weight excluding hydrogens is 404 g/mol. The van der Waals surface area contributed by atoms with E-state index in [4.69, 9.17) is 16.3 Å². The highest BCUT2D eigenvalue weighted by atomic mass is 79.9. The van der Waals surface area contributed by atoms with E-state index in [1.807, 2.05) is 43.3 Å². The Bertz CT molecular complexity index is 985. The molecule has 128 valence electrons. The van der Waals surface area contributed by atoms with E-state index in [1.54, 1.807) is 13.0 Å². The van der Waals surface area contributed by atoms with Crippen LogP contribution in [0.2, 0.25) is 5.02 Å². The molecular formula is C19H16BrClN2O2. The van der Waals surface area contributed by atoms with Gasteiger partial charge < -0.3 is 4.74 Å². The van der Waals surface area contributed by atoms with Crippen LogP contribution in [0.1, 0.15) is 22.4 Å². The molecule has 0 aliphatic heterocycles. The quantitative estimate of drug-likeness (QED) is 0.633. The smallest absolute Gasteiger partial charge is 0.267 e. The van der Waals surface area contributed by atoms with E-state index in [0.717, 1.165) is 21.3 Å². The Morgan fingerprint density at radius 1 is 1.16 bits per heavy atom. The fourth-order valence-electron chi connectivity index (χ4n) is 2.43. The van der Waals surface area contributed by atoms with Crippen molar-refractivity contribution < 1.29 is 4.74 Å². The lowest BCUT2D eigenvalue weighted by Crippen LogP contribution is -2.16. The molecule has 25 heavy (non-hydrogen) atoms. The Balaban J connectivity index is 1.89. The molecule has 2 aromatic carbocycles. The van der Waals surface area contributed by atoms with E-state index in [9.17, 15) is 4.79 Å². The second-order valence-electron chi connectivity index (χ2n) is 5.75. The molecule has 3 aromatic rings. The van der Waals surface area contributed by atoms with Gasteiger partial charge in [-0.2, -0.15) is 5.10 Å². The van der Waals surface area contributed by atoms with Crippen molar-refractivity contribution in [1.82, 2.24) is 10.2 Å². The van der Waals surface area contributed by atoms with E-state index in [-0.39, 0.29) is 5.56 Å². The van der Waals surface area contributed by atoms with Gasteiger partial charge in [0.05, 0.1) is 10.7 Å². The molecule has 0 radical (unpaired) electrons. The third kappa shape index (κ3) is 4.11. The van der Waals surface area contributed by atoms with E-state index < -0.39 is 0 Å². The van der Waals surface area contributed by atoms with Gasteiger partial charge in [0.2, 0.25) is 0 Å². The first-order valence-corrected chi connectivity index (χ1v) is 8.88. The Kier molecular flexibility index (Phi) is 5.25. The van der Waals surface area contributed by atoms with Crippen molar-refractivity contribution >= 4 is 27.5 Å². The maximum Gasteiger partial charge on any atom is 0.267 e. The summed E-state index contributed by atoms with van der Waals surface area (Å²) in [4.78, 5) is 11.6. The summed E-state index contributed by atoms with van der Waals surface area (Å²) in [5, 5.41) is 7.23. The summed E-state index contributed by atoms with van der Waals surface area (Å²) in [5.41, 5.74) is 3.25. The highest BCUT2D eigenvalue weighted by molar-refractivity contribution is 9.10. The van der Waals surface area contributed by atoms with Crippen molar-refractivity contribution in [3.63, 3.8) is 0 Å². The number of benzene rings is 2. The van der Waals surface area contributed by atoms with Gasteiger partial charge in [-0.15, -0.1) is 0 Å².